The summed E-state index contributed by atoms with van der Waals surface area (Å²) in [5.41, 5.74) is 2.44. The number of piperidine rings is 1. The summed E-state index contributed by atoms with van der Waals surface area (Å²) in [4.78, 5) is 2.58. The van der Waals surface area contributed by atoms with Gasteiger partial charge in [-0.15, -0.1) is 0 Å². The zero-order chi connectivity index (χ0) is 14.1. The van der Waals surface area contributed by atoms with Crippen molar-refractivity contribution in [1.82, 2.24) is 10.2 Å². The summed E-state index contributed by atoms with van der Waals surface area (Å²) in [6.07, 6.45) is 6.71. The number of benzene rings is 1. The van der Waals surface area contributed by atoms with Crippen molar-refractivity contribution in [3.63, 3.8) is 0 Å². The number of likely N-dealkylation sites (tertiary alicyclic amines) is 1. The molecule has 1 aliphatic heterocycles. The fraction of sp³-hybridized carbons (Fsp3) is 0.556. The van der Waals surface area contributed by atoms with Crippen LogP contribution in [-0.4, -0.2) is 24.0 Å². The number of hydrogen-bond acceptors (Lipinski definition) is 3. The highest BCUT2D eigenvalue weighted by Crippen LogP contribution is 2.29. The van der Waals surface area contributed by atoms with E-state index in [1.54, 1.807) is 0 Å². The first-order valence-corrected chi connectivity index (χ1v) is 8.35. The van der Waals surface area contributed by atoms with Gasteiger partial charge < -0.3 is 9.73 Å². The van der Waals surface area contributed by atoms with Crippen LogP contribution in [0.4, 0.5) is 0 Å². The van der Waals surface area contributed by atoms with E-state index < -0.39 is 0 Å². The first-order chi connectivity index (χ1) is 10.4. The Balaban J connectivity index is 1.60. The van der Waals surface area contributed by atoms with Gasteiger partial charge in [0.05, 0.1) is 6.54 Å². The molecule has 0 amide bonds. The molecule has 1 aromatic heterocycles. The van der Waals surface area contributed by atoms with Crippen molar-refractivity contribution in [2.24, 2.45) is 0 Å². The number of nitrogens with zero attached hydrogens (tertiary/aromatic N) is 1. The first kappa shape index (κ1) is 13.4. The van der Waals surface area contributed by atoms with Crippen LogP contribution in [-0.2, 0) is 13.1 Å². The number of fused-ring (bicyclic) bond motifs is 1. The van der Waals surface area contributed by atoms with Crippen LogP contribution >= 0.6 is 0 Å². The summed E-state index contributed by atoms with van der Waals surface area (Å²) in [6.45, 7) is 4.38. The molecule has 0 unspecified atom stereocenters. The molecule has 2 aromatic rings. The van der Waals surface area contributed by atoms with Gasteiger partial charge in [-0.2, -0.15) is 0 Å². The minimum absolute atomic E-state index is 0.723. The molecule has 3 heteroatoms. The second kappa shape index (κ2) is 5.82. The van der Waals surface area contributed by atoms with Crippen molar-refractivity contribution in [3.05, 3.63) is 35.6 Å². The minimum atomic E-state index is 0.723. The molecule has 1 aromatic carbocycles. The topological polar surface area (TPSA) is 28.4 Å². The minimum Gasteiger partial charge on any atom is -0.459 e. The highest BCUT2D eigenvalue weighted by molar-refractivity contribution is 5.82. The molecule has 0 radical (unpaired) electrons. The molecule has 2 aliphatic rings. The van der Waals surface area contributed by atoms with Crippen molar-refractivity contribution in [1.29, 1.82) is 0 Å². The molecular weight excluding hydrogens is 260 g/mol. The number of rotatable bonds is 5. The van der Waals surface area contributed by atoms with Crippen LogP contribution in [0.5, 0.6) is 0 Å². The molecule has 1 saturated carbocycles. The molecule has 21 heavy (non-hydrogen) atoms. The predicted octanol–water partition coefficient (Wildman–Crippen LogP) is 3.67. The normalized spacial score (nSPS) is 20.2. The van der Waals surface area contributed by atoms with Gasteiger partial charge >= 0.3 is 0 Å². The Labute approximate surface area is 126 Å². The zero-order valence-electron chi connectivity index (χ0n) is 12.6. The van der Waals surface area contributed by atoms with Gasteiger partial charge in [0.1, 0.15) is 11.3 Å². The van der Waals surface area contributed by atoms with E-state index >= 15 is 0 Å². The Hall–Kier alpha value is -1.32. The SMILES string of the molecule is c1ccc2c(CN3CCCCC3)c(CNC3CC3)oc2c1. The third-order valence-electron chi connectivity index (χ3n) is 4.74. The van der Waals surface area contributed by atoms with Crippen molar-refractivity contribution in [2.75, 3.05) is 13.1 Å². The molecule has 1 aliphatic carbocycles. The maximum atomic E-state index is 6.13. The molecule has 0 bridgehead atoms. The monoisotopic (exact) mass is 284 g/mol. The Morgan fingerprint density at radius 3 is 2.71 bits per heavy atom. The highest BCUT2D eigenvalue weighted by atomic mass is 16.3. The first-order valence-electron chi connectivity index (χ1n) is 8.35. The van der Waals surface area contributed by atoms with Crippen LogP contribution in [0.25, 0.3) is 11.0 Å². The van der Waals surface area contributed by atoms with Gasteiger partial charge in [-0.25, -0.2) is 0 Å². The summed E-state index contributed by atoms with van der Waals surface area (Å²) in [6, 6.07) is 9.21. The summed E-state index contributed by atoms with van der Waals surface area (Å²) in [7, 11) is 0. The lowest BCUT2D eigenvalue weighted by Gasteiger charge is -2.26. The van der Waals surface area contributed by atoms with E-state index in [0.29, 0.717) is 0 Å². The Morgan fingerprint density at radius 1 is 1.10 bits per heavy atom. The molecule has 0 atom stereocenters. The number of para-hydroxylation sites is 1. The van der Waals surface area contributed by atoms with Gasteiger partial charge in [0.2, 0.25) is 0 Å². The van der Waals surface area contributed by atoms with Crippen molar-refractivity contribution < 1.29 is 4.42 Å². The third-order valence-corrected chi connectivity index (χ3v) is 4.74. The number of hydrogen-bond donors (Lipinski definition) is 1. The Bertz CT molecular complexity index is 609. The van der Waals surface area contributed by atoms with Crippen LogP contribution in [0.1, 0.15) is 43.4 Å². The maximum absolute atomic E-state index is 6.13. The average molecular weight is 284 g/mol. The summed E-state index contributed by atoms with van der Waals surface area (Å²) in [5.74, 6) is 1.15. The molecule has 112 valence electrons. The lowest BCUT2D eigenvalue weighted by molar-refractivity contribution is 0.220. The number of furan rings is 1. The van der Waals surface area contributed by atoms with Crippen LogP contribution in [0, 0.1) is 0 Å². The van der Waals surface area contributed by atoms with Gasteiger partial charge in [-0.1, -0.05) is 24.6 Å². The Kier molecular flexibility index (Phi) is 3.70. The fourth-order valence-electron chi connectivity index (χ4n) is 3.33. The number of nitrogens with one attached hydrogen (secondary N) is 1. The second-order valence-corrected chi connectivity index (χ2v) is 6.49. The fourth-order valence-corrected chi connectivity index (χ4v) is 3.33. The molecule has 1 saturated heterocycles. The van der Waals surface area contributed by atoms with Crippen LogP contribution in [0.3, 0.4) is 0 Å². The van der Waals surface area contributed by atoms with Gasteiger partial charge in [-0.3, -0.25) is 4.90 Å². The molecule has 0 spiro atoms. The molecular formula is C18H24N2O. The standard InChI is InChI=1S/C18H24N2O/c1-4-10-20(11-5-1)13-16-15-6-2-3-7-17(15)21-18(16)12-19-14-8-9-14/h2-3,6-7,14,19H,1,4-5,8-13H2. The third kappa shape index (κ3) is 2.99. The molecule has 2 fully saturated rings. The summed E-state index contributed by atoms with van der Waals surface area (Å²) in [5, 5.41) is 4.90. The van der Waals surface area contributed by atoms with E-state index in [0.717, 1.165) is 30.5 Å². The van der Waals surface area contributed by atoms with Crippen molar-refractivity contribution >= 4 is 11.0 Å². The maximum Gasteiger partial charge on any atom is 0.134 e. The van der Waals surface area contributed by atoms with E-state index in [-0.39, 0.29) is 0 Å². The van der Waals surface area contributed by atoms with Crippen molar-refractivity contribution in [2.45, 2.75) is 51.2 Å². The lowest BCUT2D eigenvalue weighted by atomic mass is 10.1. The average Bonchev–Trinajstić information content (AvgIpc) is 3.30. The lowest BCUT2D eigenvalue weighted by Crippen LogP contribution is -2.29. The Morgan fingerprint density at radius 2 is 1.90 bits per heavy atom. The van der Waals surface area contributed by atoms with Crippen molar-refractivity contribution in [3.8, 4) is 0 Å². The molecule has 1 N–H and O–H groups in total. The second-order valence-electron chi connectivity index (χ2n) is 6.49. The zero-order valence-corrected chi connectivity index (χ0v) is 12.6. The molecule has 2 heterocycles. The summed E-state index contributed by atoms with van der Waals surface area (Å²) >= 11 is 0. The predicted molar refractivity (Wildman–Crippen MR) is 85.2 cm³/mol. The van der Waals surface area contributed by atoms with Crippen LogP contribution < -0.4 is 5.32 Å². The van der Waals surface area contributed by atoms with E-state index in [4.69, 9.17) is 4.42 Å². The largest absolute Gasteiger partial charge is 0.459 e. The van der Waals surface area contributed by atoms with Gasteiger partial charge in [0.25, 0.3) is 0 Å². The van der Waals surface area contributed by atoms with Crippen LogP contribution in [0.15, 0.2) is 28.7 Å². The molecule has 3 nitrogen and oxygen atoms in total. The highest BCUT2D eigenvalue weighted by Gasteiger charge is 2.23. The van der Waals surface area contributed by atoms with E-state index in [1.807, 2.05) is 0 Å². The smallest absolute Gasteiger partial charge is 0.134 e. The van der Waals surface area contributed by atoms with Gasteiger partial charge in [-0.05, 0) is 44.8 Å². The van der Waals surface area contributed by atoms with E-state index in [9.17, 15) is 0 Å². The van der Waals surface area contributed by atoms with E-state index in [2.05, 4.69) is 34.5 Å². The van der Waals surface area contributed by atoms with Gasteiger partial charge in [0, 0.05) is 23.5 Å². The quantitative estimate of drug-likeness (QED) is 0.908. The van der Waals surface area contributed by atoms with Gasteiger partial charge in [0.15, 0.2) is 0 Å². The molecule has 4 rings (SSSR count). The van der Waals surface area contributed by atoms with E-state index in [1.165, 1.54) is 56.1 Å². The van der Waals surface area contributed by atoms with Crippen LogP contribution in [0.2, 0.25) is 0 Å². The summed E-state index contributed by atoms with van der Waals surface area (Å²) < 4.78 is 6.13.